The van der Waals surface area contributed by atoms with Gasteiger partial charge in [-0.3, -0.25) is 9.59 Å². The number of methoxy groups -OCH3 is 2. The van der Waals surface area contributed by atoms with E-state index in [1.54, 1.807) is 14.2 Å². The zero-order chi connectivity index (χ0) is 20.6. The van der Waals surface area contributed by atoms with Gasteiger partial charge in [-0.05, 0) is 38.1 Å². The number of hydrogen-bond acceptors (Lipinski definition) is 5. The van der Waals surface area contributed by atoms with Crippen molar-refractivity contribution in [1.82, 2.24) is 14.7 Å². The number of carbonyl (C=O) groups excluding carboxylic acids is 2. The molecule has 0 aromatic heterocycles. The zero-order valence-electron chi connectivity index (χ0n) is 17.6. The summed E-state index contributed by atoms with van der Waals surface area (Å²) in [6.45, 7) is 4.47. The summed E-state index contributed by atoms with van der Waals surface area (Å²) in [4.78, 5) is 32.8. The molecule has 4 rings (SSSR count). The zero-order valence-corrected chi connectivity index (χ0v) is 17.6. The Labute approximate surface area is 172 Å². The van der Waals surface area contributed by atoms with Gasteiger partial charge in [0.2, 0.25) is 11.8 Å². The molecule has 29 heavy (non-hydrogen) atoms. The lowest BCUT2D eigenvalue weighted by molar-refractivity contribution is -0.141. The summed E-state index contributed by atoms with van der Waals surface area (Å²) in [5.41, 5.74) is 0.360. The van der Waals surface area contributed by atoms with Crippen molar-refractivity contribution in [1.29, 1.82) is 0 Å². The summed E-state index contributed by atoms with van der Waals surface area (Å²) in [6.07, 6.45) is 2.41. The van der Waals surface area contributed by atoms with Crippen LogP contribution in [0.2, 0.25) is 0 Å². The number of carbonyl (C=O) groups is 2. The van der Waals surface area contributed by atoms with E-state index in [0.717, 1.165) is 44.6 Å². The molecule has 2 amide bonds. The Kier molecular flexibility index (Phi) is 5.42. The minimum absolute atomic E-state index is 0.0437. The Morgan fingerprint density at radius 1 is 1.07 bits per heavy atom. The molecule has 1 aromatic rings. The van der Waals surface area contributed by atoms with Gasteiger partial charge in [0, 0.05) is 50.7 Å². The maximum atomic E-state index is 13.4. The van der Waals surface area contributed by atoms with Crippen LogP contribution in [0.5, 0.6) is 11.5 Å². The van der Waals surface area contributed by atoms with E-state index in [1.807, 2.05) is 28.0 Å². The van der Waals surface area contributed by atoms with Crippen LogP contribution >= 0.6 is 0 Å². The molecular weight excluding hydrogens is 370 g/mol. The SMILES string of the molecule is COc1ccc(OC)c(CC(=O)N2C[C@@H]3CN(C)C[C@]3(C(=O)N3CCCC3)C2)c1. The van der Waals surface area contributed by atoms with Crippen molar-refractivity contribution >= 4 is 11.8 Å². The predicted molar refractivity (Wildman–Crippen MR) is 109 cm³/mol. The number of rotatable bonds is 5. The molecule has 7 heteroatoms. The van der Waals surface area contributed by atoms with Crippen molar-refractivity contribution in [2.24, 2.45) is 11.3 Å². The Hall–Kier alpha value is -2.28. The molecule has 0 N–H and O–H groups in total. The van der Waals surface area contributed by atoms with Crippen LogP contribution in [-0.2, 0) is 16.0 Å². The molecule has 3 saturated heterocycles. The maximum absolute atomic E-state index is 13.4. The first-order chi connectivity index (χ1) is 14.0. The summed E-state index contributed by atoms with van der Waals surface area (Å²) in [5, 5.41) is 0. The number of benzene rings is 1. The van der Waals surface area contributed by atoms with E-state index in [4.69, 9.17) is 9.47 Å². The second kappa shape index (κ2) is 7.86. The molecule has 7 nitrogen and oxygen atoms in total. The summed E-state index contributed by atoms with van der Waals surface area (Å²) >= 11 is 0. The lowest BCUT2D eigenvalue weighted by Crippen LogP contribution is -2.49. The monoisotopic (exact) mass is 401 g/mol. The van der Waals surface area contributed by atoms with E-state index < -0.39 is 5.41 Å². The Bertz CT molecular complexity index is 792. The van der Waals surface area contributed by atoms with Gasteiger partial charge in [-0.15, -0.1) is 0 Å². The van der Waals surface area contributed by atoms with Gasteiger partial charge >= 0.3 is 0 Å². The van der Waals surface area contributed by atoms with Gasteiger partial charge in [-0.1, -0.05) is 0 Å². The first-order valence-corrected chi connectivity index (χ1v) is 10.4. The lowest BCUT2D eigenvalue weighted by atomic mass is 9.79. The molecule has 0 saturated carbocycles. The molecule has 0 unspecified atom stereocenters. The number of likely N-dealkylation sites (tertiary alicyclic amines) is 3. The molecule has 0 spiro atoms. The molecule has 3 heterocycles. The van der Waals surface area contributed by atoms with E-state index >= 15 is 0 Å². The summed E-state index contributed by atoms with van der Waals surface area (Å²) in [5.74, 6) is 1.88. The van der Waals surface area contributed by atoms with Crippen molar-refractivity contribution in [2.75, 3.05) is 60.5 Å². The predicted octanol–water partition coefficient (Wildman–Crippen LogP) is 1.26. The normalized spacial score (nSPS) is 26.7. The summed E-state index contributed by atoms with van der Waals surface area (Å²) in [6, 6.07) is 5.51. The fraction of sp³-hybridized carbons (Fsp3) is 0.636. The standard InChI is InChI=1S/C22H31N3O4/c1-23-12-17-13-25(15-22(17,14-23)21(27)24-8-4-5-9-24)20(26)11-16-10-18(28-2)6-7-19(16)29-3/h6-7,10,17H,4-5,8-9,11-15H2,1-3H3/t17-,22-/m0/s1. The van der Waals surface area contributed by atoms with Gasteiger partial charge in [0.05, 0.1) is 26.1 Å². The fourth-order valence-electron chi connectivity index (χ4n) is 5.34. The van der Waals surface area contributed by atoms with Crippen molar-refractivity contribution < 1.29 is 19.1 Å². The van der Waals surface area contributed by atoms with Crippen molar-refractivity contribution in [3.8, 4) is 11.5 Å². The average Bonchev–Trinajstić information content (AvgIpc) is 3.42. The topological polar surface area (TPSA) is 62.3 Å². The fourth-order valence-corrected chi connectivity index (χ4v) is 5.34. The van der Waals surface area contributed by atoms with Crippen LogP contribution in [-0.4, -0.2) is 87.0 Å². The van der Waals surface area contributed by atoms with E-state index in [0.29, 0.717) is 24.6 Å². The highest BCUT2D eigenvalue weighted by molar-refractivity contribution is 5.87. The van der Waals surface area contributed by atoms with Crippen LogP contribution in [0.1, 0.15) is 18.4 Å². The number of ether oxygens (including phenoxy) is 2. The van der Waals surface area contributed by atoms with E-state index in [9.17, 15) is 9.59 Å². The van der Waals surface area contributed by atoms with Crippen LogP contribution in [0.3, 0.4) is 0 Å². The first kappa shape index (κ1) is 20.0. The Balaban J connectivity index is 1.52. The molecule has 158 valence electrons. The van der Waals surface area contributed by atoms with Crippen LogP contribution in [0.15, 0.2) is 18.2 Å². The van der Waals surface area contributed by atoms with Crippen LogP contribution in [0.4, 0.5) is 0 Å². The quantitative estimate of drug-likeness (QED) is 0.743. The third-order valence-electron chi connectivity index (χ3n) is 6.78. The van der Waals surface area contributed by atoms with E-state index in [1.165, 1.54) is 0 Å². The number of amides is 2. The van der Waals surface area contributed by atoms with Gasteiger partial charge in [0.1, 0.15) is 11.5 Å². The van der Waals surface area contributed by atoms with Gasteiger partial charge in [0.25, 0.3) is 0 Å². The van der Waals surface area contributed by atoms with Crippen LogP contribution in [0, 0.1) is 11.3 Å². The van der Waals surface area contributed by atoms with Crippen molar-refractivity contribution in [3.63, 3.8) is 0 Å². The minimum Gasteiger partial charge on any atom is -0.497 e. The Morgan fingerprint density at radius 2 is 1.83 bits per heavy atom. The largest absolute Gasteiger partial charge is 0.497 e. The Morgan fingerprint density at radius 3 is 2.52 bits per heavy atom. The number of hydrogen-bond donors (Lipinski definition) is 0. The van der Waals surface area contributed by atoms with Crippen LogP contribution < -0.4 is 9.47 Å². The van der Waals surface area contributed by atoms with E-state index in [-0.39, 0.29) is 24.2 Å². The van der Waals surface area contributed by atoms with Crippen LogP contribution in [0.25, 0.3) is 0 Å². The number of nitrogens with zero attached hydrogens (tertiary/aromatic N) is 3. The van der Waals surface area contributed by atoms with Gasteiger partial charge in [-0.25, -0.2) is 0 Å². The van der Waals surface area contributed by atoms with Gasteiger partial charge < -0.3 is 24.2 Å². The highest BCUT2D eigenvalue weighted by Crippen LogP contribution is 2.44. The highest BCUT2D eigenvalue weighted by Gasteiger charge is 2.58. The molecule has 2 atom stereocenters. The second-order valence-corrected chi connectivity index (χ2v) is 8.68. The van der Waals surface area contributed by atoms with E-state index in [2.05, 4.69) is 11.9 Å². The minimum atomic E-state index is -0.451. The molecule has 0 radical (unpaired) electrons. The molecule has 0 aliphatic carbocycles. The lowest BCUT2D eigenvalue weighted by Gasteiger charge is -2.32. The highest BCUT2D eigenvalue weighted by atomic mass is 16.5. The van der Waals surface area contributed by atoms with Crippen molar-refractivity contribution in [3.05, 3.63) is 23.8 Å². The second-order valence-electron chi connectivity index (χ2n) is 8.68. The molecule has 3 aliphatic rings. The maximum Gasteiger partial charge on any atom is 0.232 e. The molecule has 3 aliphatic heterocycles. The smallest absolute Gasteiger partial charge is 0.232 e. The first-order valence-electron chi connectivity index (χ1n) is 10.4. The summed E-state index contributed by atoms with van der Waals surface area (Å²) < 4.78 is 10.7. The van der Waals surface area contributed by atoms with Crippen molar-refractivity contribution in [2.45, 2.75) is 19.3 Å². The van der Waals surface area contributed by atoms with Gasteiger partial charge in [0.15, 0.2) is 0 Å². The third kappa shape index (κ3) is 3.56. The molecule has 1 aromatic carbocycles. The number of fused-ring (bicyclic) bond motifs is 1. The molecule has 3 fully saturated rings. The third-order valence-corrected chi connectivity index (χ3v) is 6.78. The average molecular weight is 402 g/mol. The molecular formula is C22H31N3O4. The van der Waals surface area contributed by atoms with Gasteiger partial charge in [-0.2, -0.15) is 0 Å². The summed E-state index contributed by atoms with van der Waals surface area (Å²) in [7, 11) is 5.29. The molecule has 0 bridgehead atoms.